The smallest absolute Gasteiger partial charge is 0.359 e. The molecule has 0 saturated heterocycles. The van der Waals surface area contributed by atoms with Crippen LogP contribution < -0.4 is 5.32 Å². The van der Waals surface area contributed by atoms with Crippen molar-refractivity contribution in [2.45, 2.75) is 26.4 Å². The maximum atomic E-state index is 12.9. The average Bonchev–Trinajstić information content (AvgIpc) is 2.45. The number of allylic oxidation sites excluding steroid dienone is 2. The van der Waals surface area contributed by atoms with Gasteiger partial charge in [0.15, 0.2) is 0 Å². The minimum absolute atomic E-state index is 0.148. The lowest BCUT2D eigenvalue weighted by molar-refractivity contribution is -0.137. The minimum Gasteiger partial charge on any atom is -0.359 e. The van der Waals surface area contributed by atoms with Crippen molar-refractivity contribution in [2.24, 2.45) is 5.92 Å². The van der Waals surface area contributed by atoms with Gasteiger partial charge in [0.25, 0.3) is 0 Å². The van der Waals surface area contributed by atoms with E-state index in [1.54, 1.807) is 6.07 Å². The second-order valence-corrected chi connectivity index (χ2v) is 5.27. The second kappa shape index (κ2) is 7.51. The number of nitrogens with one attached hydrogen (secondary N) is 1. The maximum Gasteiger partial charge on any atom is 0.417 e. The Morgan fingerprint density at radius 1 is 1.48 bits per heavy atom. The highest BCUT2D eigenvalue weighted by Crippen LogP contribution is 2.34. The zero-order valence-corrected chi connectivity index (χ0v) is 13.3. The molecule has 2 nitrogen and oxygen atoms in total. The molecule has 0 fully saturated rings. The molecule has 6 heteroatoms. The third kappa shape index (κ3) is 4.78. The summed E-state index contributed by atoms with van der Waals surface area (Å²) in [6, 6.07) is 5.22. The molecule has 1 rings (SSSR count). The van der Waals surface area contributed by atoms with E-state index in [4.69, 9.17) is 5.26 Å². The Kier molecular flexibility index (Phi) is 6.28. The van der Waals surface area contributed by atoms with E-state index in [-0.39, 0.29) is 11.5 Å². The molecule has 1 N–H and O–H groups in total. The van der Waals surface area contributed by atoms with Crippen molar-refractivity contribution >= 4 is 21.6 Å². The summed E-state index contributed by atoms with van der Waals surface area (Å²) in [5.41, 5.74) is -0.110. The number of halogens is 4. The number of anilines is 1. The van der Waals surface area contributed by atoms with Gasteiger partial charge in [0.2, 0.25) is 0 Å². The number of rotatable bonds is 5. The summed E-state index contributed by atoms with van der Waals surface area (Å²) in [7, 11) is 0. The Hall–Kier alpha value is -1.48. The fraction of sp³-hybridized carbons (Fsp3) is 0.400. The summed E-state index contributed by atoms with van der Waals surface area (Å²) < 4.78 is 38.8. The van der Waals surface area contributed by atoms with Gasteiger partial charge in [0.05, 0.1) is 17.2 Å². The lowest BCUT2D eigenvalue weighted by Crippen LogP contribution is -2.12. The van der Waals surface area contributed by atoms with Gasteiger partial charge in [-0.2, -0.15) is 18.4 Å². The summed E-state index contributed by atoms with van der Waals surface area (Å²) in [6.07, 6.45) is -1.82. The van der Waals surface area contributed by atoms with Crippen molar-refractivity contribution in [1.82, 2.24) is 0 Å². The van der Waals surface area contributed by atoms with Gasteiger partial charge in [-0.3, -0.25) is 0 Å². The van der Waals surface area contributed by atoms with Gasteiger partial charge in [0, 0.05) is 22.6 Å². The van der Waals surface area contributed by atoms with E-state index < -0.39 is 11.7 Å². The standard InChI is InChI=1S/C15H16BrF3N2/c1-3-4-14(10(2)8-16)21-12-6-5-11(9-20)13(7-12)15(17,18)19/h4-7,10,21H,3,8H2,1-2H3/b14-4-. The fourth-order valence-electron chi connectivity index (χ4n) is 1.80. The Balaban J connectivity index is 3.16. The Morgan fingerprint density at radius 3 is 2.62 bits per heavy atom. The van der Waals surface area contributed by atoms with Crippen LogP contribution in [0.1, 0.15) is 31.4 Å². The molecule has 114 valence electrons. The van der Waals surface area contributed by atoms with Gasteiger partial charge in [-0.15, -0.1) is 0 Å². The average molecular weight is 361 g/mol. The highest BCUT2D eigenvalue weighted by atomic mass is 79.9. The van der Waals surface area contributed by atoms with E-state index in [1.165, 1.54) is 12.1 Å². The largest absolute Gasteiger partial charge is 0.417 e. The SMILES string of the molecule is CC/C=C(\Nc1ccc(C#N)c(C(F)(F)F)c1)C(C)CBr. The molecule has 1 atom stereocenters. The zero-order chi connectivity index (χ0) is 16.0. The predicted octanol–water partition coefficient (Wildman–Crippen LogP) is 5.31. The number of nitriles is 1. The fourth-order valence-corrected chi connectivity index (χ4v) is 2.15. The first-order valence-electron chi connectivity index (χ1n) is 6.47. The Morgan fingerprint density at radius 2 is 2.14 bits per heavy atom. The van der Waals surface area contributed by atoms with E-state index in [0.29, 0.717) is 11.0 Å². The molecule has 1 unspecified atom stereocenters. The molecule has 0 aliphatic rings. The zero-order valence-electron chi connectivity index (χ0n) is 11.8. The number of alkyl halides is 4. The van der Waals surface area contributed by atoms with Crippen LogP contribution in [-0.2, 0) is 6.18 Å². The minimum atomic E-state index is -4.54. The van der Waals surface area contributed by atoms with Crippen molar-refractivity contribution in [3.8, 4) is 6.07 Å². The Labute approximate surface area is 130 Å². The van der Waals surface area contributed by atoms with E-state index in [9.17, 15) is 13.2 Å². The second-order valence-electron chi connectivity index (χ2n) is 4.62. The first-order chi connectivity index (χ1) is 9.83. The van der Waals surface area contributed by atoms with Crippen LogP contribution in [0.2, 0.25) is 0 Å². The number of nitrogens with zero attached hydrogens (tertiary/aromatic N) is 1. The van der Waals surface area contributed by atoms with Crippen LogP contribution in [0.15, 0.2) is 30.0 Å². The topological polar surface area (TPSA) is 35.8 Å². The summed E-state index contributed by atoms with van der Waals surface area (Å²) in [5, 5.41) is 12.5. The van der Waals surface area contributed by atoms with Crippen molar-refractivity contribution in [3.05, 3.63) is 41.1 Å². The third-order valence-electron chi connectivity index (χ3n) is 2.92. The summed E-state index contributed by atoms with van der Waals surface area (Å²) in [5.74, 6) is 0.148. The number of benzene rings is 1. The lowest BCUT2D eigenvalue weighted by Gasteiger charge is -2.18. The summed E-state index contributed by atoms with van der Waals surface area (Å²) in [6.45, 7) is 3.93. The molecule has 0 aliphatic heterocycles. The molecule has 21 heavy (non-hydrogen) atoms. The molecule has 1 aromatic carbocycles. The van der Waals surface area contributed by atoms with Crippen molar-refractivity contribution in [2.75, 3.05) is 10.6 Å². The number of hydrogen-bond acceptors (Lipinski definition) is 2. The van der Waals surface area contributed by atoms with Crippen molar-refractivity contribution < 1.29 is 13.2 Å². The molecule has 0 aliphatic carbocycles. The third-order valence-corrected chi connectivity index (χ3v) is 3.89. The van der Waals surface area contributed by atoms with Crippen molar-refractivity contribution in [1.29, 1.82) is 5.26 Å². The van der Waals surface area contributed by atoms with Crippen LogP contribution in [0.4, 0.5) is 18.9 Å². The summed E-state index contributed by atoms with van der Waals surface area (Å²) in [4.78, 5) is 0. The van der Waals surface area contributed by atoms with Gasteiger partial charge in [0.1, 0.15) is 0 Å². The molecule has 0 aromatic heterocycles. The van der Waals surface area contributed by atoms with Crippen LogP contribution in [0.3, 0.4) is 0 Å². The molecule has 0 radical (unpaired) electrons. The first-order valence-corrected chi connectivity index (χ1v) is 7.60. The predicted molar refractivity (Wildman–Crippen MR) is 81.1 cm³/mol. The van der Waals surface area contributed by atoms with E-state index >= 15 is 0 Å². The molecule has 0 amide bonds. The number of hydrogen-bond donors (Lipinski definition) is 1. The van der Waals surface area contributed by atoms with Gasteiger partial charge in [-0.05, 0) is 24.6 Å². The molecule has 0 heterocycles. The molecule has 0 saturated carbocycles. The maximum absolute atomic E-state index is 12.9. The Bertz CT molecular complexity index is 559. The lowest BCUT2D eigenvalue weighted by atomic mass is 10.1. The van der Waals surface area contributed by atoms with Crippen molar-refractivity contribution in [3.63, 3.8) is 0 Å². The molecule has 0 bridgehead atoms. The van der Waals surface area contributed by atoms with Crippen LogP contribution in [0, 0.1) is 17.2 Å². The van der Waals surface area contributed by atoms with Gasteiger partial charge >= 0.3 is 6.18 Å². The first kappa shape index (κ1) is 17.6. The van der Waals surface area contributed by atoms with Gasteiger partial charge in [-0.1, -0.05) is 35.9 Å². The highest BCUT2D eigenvalue weighted by molar-refractivity contribution is 9.09. The van der Waals surface area contributed by atoms with E-state index in [1.807, 2.05) is 19.9 Å². The quantitative estimate of drug-likeness (QED) is 0.721. The van der Waals surface area contributed by atoms with Crippen LogP contribution in [0.25, 0.3) is 0 Å². The van der Waals surface area contributed by atoms with Gasteiger partial charge in [-0.25, -0.2) is 0 Å². The van der Waals surface area contributed by atoms with Gasteiger partial charge < -0.3 is 5.32 Å². The molecule has 0 spiro atoms. The summed E-state index contributed by atoms with van der Waals surface area (Å²) >= 11 is 3.36. The normalized spacial score (nSPS) is 13.7. The monoisotopic (exact) mass is 360 g/mol. The van der Waals surface area contributed by atoms with Crippen LogP contribution >= 0.6 is 15.9 Å². The van der Waals surface area contributed by atoms with E-state index in [2.05, 4.69) is 21.2 Å². The molecule has 1 aromatic rings. The van der Waals surface area contributed by atoms with Crippen LogP contribution in [0.5, 0.6) is 0 Å². The van der Waals surface area contributed by atoms with Crippen LogP contribution in [-0.4, -0.2) is 5.33 Å². The highest BCUT2D eigenvalue weighted by Gasteiger charge is 2.33. The molecular weight excluding hydrogens is 345 g/mol. The molecular formula is C15H16BrF3N2. The van der Waals surface area contributed by atoms with E-state index in [0.717, 1.165) is 18.2 Å².